The summed E-state index contributed by atoms with van der Waals surface area (Å²) in [5, 5.41) is 14.5. The maximum atomic E-state index is 11.0. The fourth-order valence-electron chi connectivity index (χ4n) is 2.90. The molecule has 1 saturated heterocycles. The number of benzene rings is 1. The highest BCUT2D eigenvalue weighted by Crippen LogP contribution is 2.26. The summed E-state index contributed by atoms with van der Waals surface area (Å²) in [7, 11) is 0. The van der Waals surface area contributed by atoms with Gasteiger partial charge in [0, 0.05) is 30.2 Å². The minimum atomic E-state index is -0.308. The molecule has 0 spiro atoms. The molecule has 1 fully saturated rings. The van der Waals surface area contributed by atoms with Crippen LogP contribution in [0.25, 0.3) is 0 Å². The van der Waals surface area contributed by atoms with Gasteiger partial charge in [-0.1, -0.05) is 19.1 Å². The zero-order valence-corrected chi connectivity index (χ0v) is 12.1. The van der Waals surface area contributed by atoms with E-state index in [9.17, 15) is 10.1 Å². The van der Waals surface area contributed by atoms with Crippen molar-refractivity contribution in [2.45, 2.75) is 32.7 Å². The fraction of sp³-hybridized carbons (Fsp3) is 0.600. The van der Waals surface area contributed by atoms with Crippen molar-refractivity contribution in [1.82, 2.24) is 5.32 Å². The molecule has 2 unspecified atom stereocenters. The standard InChI is InChI=1S/C15H22N2O3/c1-3-16-14-7-8-20-10-13(14)9-12-5-4-6-15(11(12)2)17(18)19/h4-6,13-14,16H,3,7-10H2,1-2H3. The van der Waals surface area contributed by atoms with Crippen LogP contribution in [0.15, 0.2) is 18.2 Å². The Bertz CT molecular complexity index is 474. The van der Waals surface area contributed by atoms with Gasteiger partial charge >= 0.3 is 0 Å². The van der Waals surface area contributed by atoms with E-state index in [1.807, 2.05) is 13.0 Å². The molecule has 1 heterocycles. The number of rotatable bonds is 5. The minimum Gasteiger partial charge on any atom is -0.381 e. The number of ether oxygens (including phenoxy) is 1. The van der Waals surface area contributed by atoms with E-state index in [1.165, 1.54) is 0 Å². The van der Waals surface area contributed by atoms with Crippen molar-refractivity contribution < 1.29 is 9.66 Å². The maximum Gasteiger partial charge on any atom is 0.272 e. The lowest BCUT2D eigenvalue weighted by atomic mass is 9.87. The summed E-state index contributed by atoms with van der Waals surface area (Å²) < 4.78 is 5.57. The lowest BCUT2D eigenvalue weighted by Gasteiger charge is -2.32. The predicted octanol–water partition coefficient (Wildman–Crippen LogP) is 2.46. The summed E-state index contributed by atoms with van der Waals surface area (Å²) in [6, 6.07) is 5.76. The van der Waals surface area contributed by atoms with E-state index in [0.29, 0.717) is 12.0 Å². The van der Waals surface area contributed by atoms with Crippen LogP contribution < -0.4 is 5.32 Å². The molecule has 5 heteroatoms. The first kappa shape index (κ1) is 14.9. The van der Waals surface area contributed by atoms with Gasteiger partial charge in [0.05, 0.1) is 11.5 Å². The van der Waals surface area contributed by atoms with Crippen molar-refractivity contribution in [3.05, 3.63) is 39.4 Å². The Morgan fingerprint density at radius 2 is 2.30 bits per heavy atom. The predicted molar refractivity (Wildman–Crippen MR) is 77.9 cm³/mol. The molecule has 0 bridgehead atoms. The molecule has 1 N–H and O–H groups in total. The maximum absolute atomic E-state index is 11.0. The minimum absolute atomic E-state index is 0.208. The van der Waals surface area contributed by atoms with Gasteiger partial charge in [-0.25, -0.2) is 0 Å². The van der Waals surface area contributed by atoms with Crippen LogP contribution in [0.5, 0.6) is 0 Å². The smallest absolute Gasteiger partial charge is 0.272 e. The van der Waals surface area contributed by atoms with Crippen LogP contribution >= 0.6 is 0 Å². The monoisotopic (exact) mass is 278 g/mol. The largest absolute Gasteiger partial charge is 0.381 e. The quantitative estimate of drug-likeness (QED) is 0.664. The van der Waals surface area contributed by atoms with Gasteiger partial charge in [-0.2, -0.15) is 0 Å². The molecular formula is C15H22N2O3. The second-order valence-corrected chi connectivity index (χ2v) is 5.31. The van der Waals surface area contributed by atoms with E-state index >= 15 is 0 Å². The normalized spacial score (nSPS) is 22.7. The van der Waals surface area contributed by atoms with Crippen LogP contribution in [0.3, 0.4) is 0 Å². The molecule has 2 atom stereocenters. The van der Waals surface area contributed by atoms with Gasteiger partial charge in [0.1, 0.15) is 0 Å². The molecule has 0 saturated carbocycles. The van der Waals surface area contributed by atoms with E-state index in [0.717, 1.165) is 43.7 Å². The van der Waals surface area contributed by atoms with Crippen molar-refractivity contribution in [3.63, 3.8) is 0 Å². The topological polar surface area (TPSA) is 64.4 Å². The Hall–Kier alpha value is -1.46. The summed E-state index contributed by atoms with van der Waals surface area (Å²) >= 11 is 0. The Morgan fingerprint density at radius 3 is 3.00 bits per heavy atom. The Kier molecular flexibility index (Phi) is 5.09. The summed E-state index contributed by atoms with van der Waals surface area (Å²) in [6.07, 6.45) is 1.83. The molecule has 110 valence electrons. The van der Waals surface area contributed by atoms with Gasteiger partial charge in [-0.3, -0.25) is 10.1 Å². The third kappa shape index (κ3) is 3.35. The summed E-state index contributed by atoms with van der Waals surface area (Å²) in [6.45, 7) is 6.39. The number of nitro groups is 1. The van der Waals surface area contributed by atoms with E-state index in [4.69, 9.17) is 4.74 Å². The molecule has 0 radical (unpaired) electrons. The molecule has 0 aromatic heterocycles. The Labute approximate surface area is 119 Å². The first-order valence-electron chi connectivity index (χ1n) is 7.17. The Morgan fingerprint density at radius 1 is 1.50 bits per heavy atom. The number of nitrogens with one attached hydrogen (secondary N) is 1. The van der Waals surface area contributed by atoms with Gasteiger partial charge in [-0.05, 0) is 31.9 Å². The lowest BCUT2D eigenvalue weighted by molar-refractivity contribution is -0.385. The van der Waals surface area contributed by atoms with Crippen LogP contribution in [-0.4, -0.2) is 30.7 Å². The summed E-state index contributed by atoms with van der Waals surface area (Å²) in [4.78, 5) is 10.7. The average Bonchev–Trinajstić information content (AvgIpc) is 2.43. The Balaban J connectivity index is 2.16. The first-order chi connectivity index (χ1) is 9.63. The van der Waals surface area contributed by atoms with E-state index in [1.54, 1.807) is 12.1 Å². The van der Waals surface area contributed by atoms with Gasteiger partial charge in [0.25, 0.3) is 5.69 Å². The molecular weight excluding hydrogens is 256 g/mol. The molecule has 5 nitrogen and oxygen atoms in total. The van der Waals surface area contributed by atoms with Crippen LogP contribution in [-0.2, 0) is 11.2 Å². The van der Waals surface area contributed by atoms with Gasteiger partial charge in [-0.15, -0.1) is 0 Å². The molecule has 1 aromatic rings. The highest BCUT2D eigenvalue weighted by molar-refractivity contribution is 5.44. The zero-order chi connectivity index (χ0) is 14.5. The van der Waals surface area contributed by atoms with Crippen molar-refractivity contribution in [1.29, 1.82) is 0 Å². The van der Waals surface area contributed by atoms with E-state index in [2.05, 4.69) is 12.2 Å². The van der Waals surface area contributed by atoms with Crippen molar-refractivity contribution in [2.24, 2.45) is 5.92 Å². The third-order valence-corrected chi connectivity index (χ3v) is 4.04. The second kappa shape index (κ2) is 6.81. The first-order valence-corrected chi connectivity index (χ1v) is 7.17. The van der Waals surface area contributed by atoms with Crippen LogP contribution in [0.1, 0.15) is 24.5 Å². The number of nitro benzene ring substituents is 1. The van der Waals surface area contributed by atoms with Crippen LogP contribution in [0.2, 0.25) is 0 Å². The van der Waals surface area contributed by atoms with Gasteiger partial charge < -0.3 is 10.1 Å². The highest BCUT2D eigenvalue weighted by Gasteiger charge is 2.26. The molecule has 1 aromatic carbocycles. The van der Waals surface area contributed by atoms with E-state index in [-0.39, 0.29) is 10.6 Å². The van der Waals surface area contributed by atoms with Crippen molar-refractivity contribution in [3.8, 4) is 0 Å². The van der Waals surface area contributed by atoms with Crippen molar-refractivity contribution in [2.75, 3.05) is 19.8 Å². The molecule has 20 heavy (non-hydrogen) atoms. The molecule has 0 amide bonds. The number of hydrogen-bond acceptors (Lipinski definition) is 4. The lowest BCUT2D eigenvalue weighted by Crippen LogP contribution is -2.43. The number of hydrogen-bond donors (Lipinski definition) is 1. The molecule has 0 aliphatic carbocycles. The fourth-order valence-corrected chi connectivity index (χ4v) is 2.90. The average molecular weight is 278 g/mol. The molecule has 1 aliphatic heterocycles. The highest BCUT2D eigenvalue weighted by atomic mass is 16.6. The van der Waals surface area contributed by atoms with Crippen LogP contribution in [0.4, 0.5) is 5.69 Å². The number of nitrogens with zero attached hydrogens (tertiary/aromatic N) is 1. The second-order valence-electron chi connectivity index (χ2n) is 5.31. The third-order valence-electron chi connectivity index (χ3n) is 4.04. The van der Waals surface area contributed by atoms with Crippen molar-refractivity contribution >= 4 is 5.69 Å². The van der Waals surface area contributed by atoms with Crippen LogP contribution in [0, 0.1) is 23.0 Å². The SMILES string of the molecule is CCNC1CCOCC1Cc1cccc([N+](=O)[O-])c1C. The molecule has 1 aliphatic rings. The summed E-state index contributed by atoms with van der Waals surface area (Å²) in [5.74, 6) is 0.379. The van der Waals surface area contributed by atoms with Gasteiger partial charge in [0.15, 0.2) is 0 Å². The molecule has 2 rings (SSSR count). The van der Waals surface area contributed by atoms with E-state index < -0.39 is 0 Å². The zero-order valence-electron chi connectivity index (χ0n) is 12.1. The summed E-state index contributed by atoms with van der Waals surface area (Å²) in [5.41, 5.74) is 2.04. The van der Waals surface area contributed by atoms with Gasteiger partial charge in [0.2, 0.25) is 0 Å².